The van der Waals surface area contributed by atoms with Crippen LogP contribution in [-0.4, -0.2) is 21.5 Å². The summed E-state index contributed by atoms with van der Waals surface area (Å²) >= 11 is 6.24. The van der Waals surface area contributed by atoms with Crippen LogP contribution >= 0.6 is 11.6 Å². The third-order valence-corrected chi connectivity index (χ3v) is 3.87. The number of hydrogen-bond acceptors (Lipinski definition) is 3. The van der Waals surface area contributed by atoms with Crippen LogP contribution in [0.3, 0.4) is 0 Å². The van der Waals surface area contributed by atoms with Crippen LogP contribution in [-0.2, 0) is 4.79 Å². The molecule has 0 fully saturated rings. The summed E-state index contributed by atoms with van der Waals surface area (Å²) in [5.41, 5.74) is 7.26. The number of nitrogens with two attached hydrogens (primary N) is 1. The minimum Gasteiger partial charge on any atom is -0.323 e. The normalized spacial score (nSPS) is 13.7. The Bertz CT molecular complexity index is 612. The molecule has 2 atom stereocenters. The summed E-state index contributed by atoms with van der Waals surface area (Å²) in [6, 6.07) is 4.79. The Morgan fingerprint density at radius 3 is 2.90 bits per heavy atom. The van der Waals surface area contributed by atoms with Crippen molar-refractivity contribution in [2.24, 2.45) is 11.7 Å². The van der Waals surface area contributed by atoms with Crippen LogP contribution in [0.25, 0.3) is 5.69 Å². The summed E-state index contributed by atoms with van der Waals surface area (Å²) < 4.78 is 1.76. The van der Waals surface area contributed by atoms with Crippen molar-refractivity contribution in [3.8, 4) is 5.69 Å². The van der Waals surface area contributed by atoms with Gasteiger partial charge in [-0.25, -0.2) is 4.98 Å². The monoisotopic (exact) mass is 306 g/mol. The van der Waals surface area contributed by atoms with Crippen LogP contribution in [0, 0.1) is 5.92 Å². The third-order valence-electron chi connectivity index (χ3n) is 3.57. The molecule has 0 aliphatic rings. The van der Waals surface area contributed by atoms with E-state index in [1.165, 1.54) is 0 Å². The fraction of sp³-hybridized carbons (Fsp3) is 0.333. The van der Waals surface area contributed by atoms with Crippen molar-refractivity contribution >= 4 is 23.2 Å². The number of carbonyl (C=O) groups excluding carboxylic acids is 1. The number of rotatable bonds is 5. The van der Waals surface area contributed by atoms with Crippen molar-refractivity contribution in [3.63, 3.8) is 0 Å². The van der Waals surface area contributed by atoms with Gasteiger partial charge in [-0.3, -0.25) is 4.79 Å². The Morgan fingerprint density at radius 2 is 2.29 bits per heavy atom. The van der Waals surface area contributed by atoms with E-state index in [9.17, 15) is 4.79 Å². The average molecular weight is 307 g/mol. The fourth-order valence-electron chi connectivity index (χ4n) is 2.00. The van der Waals surface area contributed by atoms with Crippen LogP contribution in [0.4, 0.5) is 5.69 Å². The number of amides is 1. The quantitative estimate of drug-likeness (QED) is 0.892. The van der Waals surface area contributed by atoms with Gasteiger partial charge in [0.25, 0.3) is 0 Å². The number of nitrogens with one attached hydrogen (secondary N) is 1. The highest BCUT2D eigenvalue weighted by atomic mass is 35.5. The van der Waals surface area contributed by atoms with Crippen LogP contribution in [0.5, 0.6) is 0 Å². The number of hydrogen-bond donors (Lipinski definition) is 2. The predicted octanol–water partition coefficient (Wildman–Crippen LogP) is 2.84. The summed E-state index contributed by atoms with van der Waals surface area (Å²) in [6.45, 7) is 3.97. The smallest absolute Gasteiger partial charge is 0.241 e. The molecule has 112 valence electrons. The number of carbonyl (C=O) groups is 1. The van der Waals surface area contributed by atoms with E-state index in [0.717, 1.165) is 6.42 Å². The van der Waals surface area contributed by atoms with Gasteiger partial charge >= 0.3 is 0 Å². The van der Waals surface area contributed by atoms with E-state index in [4.69, 9.17) is 17.3 Å². The van der Waals surface area contributed by atoms with Crippen LogP contribution < -0.4 is 11.1 Å². The highest BCUT2D eigenvalue weighted by Gasteiger charge is 2.21. The average Bonchev–Trinajstić information content (AvgIpc) is 2.99. The predicted molar refractivity (Wildman–Crippen MR) is 84.6 cm³/mol. The van der Waals surface area contributed by atoms with Crippen molar-refractivity contribution in [2.75, 3.05) is 5.32 Å². The SMILES string of the molecule is CC[C@H](C)[C@H](N)C(=O)Nc1cccc(Cl)c1-n1ccnc1. The van der Waals surface area contributed by atoms with E-state index in [2.05, 4.69) is 10.3 Å². The number of nitrogens with zero attached hydrogens (tertiary/aromatic N) is 2. The van der Waals surface area contributed by atoms with Gasteiger partial charge in [-0.05, 0) is 18.1 Å². The van der Waals surface area contributed by atoms with Crippen molar-refractivity contribution in [2.45, 2.75) is 26.3 Å². The van der Waals surface area contributed by atoms with E-state index in [0.29, 0.717) is 16.4 Å². The molecule has 5 nitrogen and oxygen atoms in total. The minimum atomic E-state index is -0.551. The molecule has 0 saturated heterocycles. The van der Waals surface area contributed by atoms with E-state index in [-0.39, 0.29) is 11.8 Å². The fourth-order valence-corrected chi connectivity index (χ4v) is 2.27. The Hall–Kier alpha value is -1.85. The van der Waals surface area contributed by atoms with E-state index in [1.54, 1.807) is 41.5 Å². The Labute approximate surface area is 129 Å². The lowest BCUT2D eigenvalue weighted by molar-refractivity contribution is -0.118. The molecule has 0 aliphatic carbocycles. The summed E-state index contributed by atoms with van der Waals surface area (Å²) in [7, 11) is 0. The zero-order chi connectivity index (χ0) is 15.4. The first-order chi connectivity index (χ1) is 10.0. The molecular weight excluding hydrogens is 288 g/mol. The van der Waals surface area contributed by atoms with E-state index < -0.39 is 6.04 Å². The number of benzene rings is 1. The van der Waals surface area contributed by atoms with Gasteiger partial charge in [0.1, 0.15) is 0 Å². The number of anilines is 1. The molecule has 0 radical (unpaired) electrons. The van der Waals surface area contributed by atoms with Crippen molar-refractivity contribution in [3.05, 3.63) is 41.9 Å². The lowest BCUT2D eigenvalue weighted by Crippen LogP contribution is -2.40. The molecule has 0 spiro atoms. The van der Waals surface area contributed by atoms with Gasteiger partial charge in [0.15, 0.2) is 0 Å². The zero-order valence-corrected chi connectivity index (χ0v) is 12.8. The summed E-state index contributed by atoms with van der Waals surface area (Å²) in [5.74, 6) is -0.103. The summed E-state index contributed by atoms with van der Waals surface area (Å²) in [5, 5.41) is 3.39. The molecule has 3 N–H and O–H groups in total. The summed E-state index contributed by atoms with van der Waals surface area (Å²) in [6.07, 6.45) is 5.90. The first kappa shape index (κ1) is 15.5. The first-order valence-corrected chi connectivity index (χ1v) is 7.25. The van der Waals surface area contributed by atoms with E-state index >= 15 is 0 Å². The lowest BCUT2D eigenvalue weighted by Gasteiger charge is -2.19. The van der Waals surface area contributed by atoms with Crippen molar-refractivity contribution in [1.29, 1.82) is 0 Å². The molecule has 0 bridgehead atoms. The minimum absolute atomic E-state index is 0.112. The molecule has 1 amide bonds. The van der Waals surface area contributed by atoms with Gasteiger partial charge in [-0.15, -0.1) is 0 Å². The van der Waals surface area contributed by atoms with Gasteiger partial charge in [0.05, 0.1) is 28.8 Å². The molecule has 21 heavy (non-hydrogen) atoms. The largest absolute Gasteiger partial charge is 0.323 e. The molecule has 1 aromatic carbocycles. The van der Waals surface area contributed by atoms with Gasteiger partial charge < -0.3 is 15.6 Å². The van der Waals surface area contributed by atoms with E-state index in [1.807, 2.05) is 13.8 Å². The number of halogens is 1. The second-order valence-corrected chi connectivity index (χ2v) is 5.41. The topological polar surface area (TPSA) is 72.9 Å². The molecule has 1 aromatic heterocycles. The van der Waals surface area contributed by atoms with Gasteiger partial charge in [-0.1, -0.05) is 37.9 Å². The van der Waals surface area contributed by atoms with Crippen molar-refractivity contribution < 1.29 is 4.79 Å². The second-order valence-electron chi connectivity index (χ2n) is 5.01. The molecule has 2 rings (SSSR count). The molecule has 0 saturated carbocycles. The molecule has 2 aromatic rings. The Morgan fingerprint density at radius 1 is 1.52 bits per heavy atom. The molecule has 0 aliphatic heterocycles. The second kappa shape index (κ2) is 6.74. The van der Waals surface area contributed by atoms with Crippen LogP contribution in [0.1, 0.15) is 20.3 Å². The number of aromatic nitrogens is 2. The maximum Gasteiger partial charge on any atom is 0.241 e. The number of para-hydroxylation sites is 1. The summed E-state index contributed by atoms with van der Waals surface area (Å²) in [4.78, 5) is 16.2. The maximum atomic E-state index is 12.2. The first-order valence-electron chi connectivity index (χ1n) is 6.87. The third kappa shape index (κ3) is 3.43. The lowest BCUT2D eigenvalue weighted by atomic mass is 9.99. The highest BCUT2D eigenvalue weighted by molar-refractivity contribution is 6.33. The maximum absolute atomic E-state index is 12.2. The van der Waals surface area contributed by atoms with Crippen LogP contribution in [0.15, 0.2) is 36.9 Å². The Kier molecular flexibility index (Phi) is 4.98. The van der Waals surface area contributed by atoms with Crippen molar-refractivity contribution in [1.82, 2.24) is 9.55 Å². The molecular formula is C15H19ClN4O. The standard InChI is InChI=1S/C15H19ClN4O/c1-3-10(2)13(17)15(21)19-12-6-4-5-11(16)14(12)20-8-7-18-9-20/h4-10,13H,3,17H2,1-2H3,(H,19,21)/t10-,13-/m0/s1. The molecule has 6 heteroatoms. The number of imidazole rings is 1. The molecule has 0 unspecified atom stereocenters. The van der Waals surface area contributed by atoms with Gasteiger partial charge in [-0.2, -0.15) is 0 Å². The molecule has 1 heterocycles. The van der Waals surface area contributed by atoms with Gasteiger partial charge in [0, 0.05) is 12.4 Å². The van der Waals surface area contributed by atoms with Crippen LogP contribution in [0.2, 0.25) is 5.02 Å². The van der Waals surface area contributed by atoms with Gasteiger partial charge in [0.2, 0.25) is 5.91 Å². The Balaban J connectivity index is 2.29. The zero-order valence-electron chi connectivity index (χ0n) is 12.1. The highest BCUT2D eigenvalue weighted by Crippen LogP contribution is 2.28.